The molecule has 7 nitrogen and oxygen atoms in total. The predicted octanol–water partition coefficient (Wildman–Crippen LogP) is 4.42. The van der Waals surface area contributed by atoms with Crippen molar-refractivity contribution in [1.29, 1.82) is 0 Å². The summed E-state index contributed by atoms with van der Waals surface area (Å²) in [4.78, 5) is 26.9. The van der Waals surface area contributed by atoms with Gasteiger partial charge in [-0.25, -0.2) is 8.78 Å². The zero-order valence-corrected chi connectivity index (χ0v) is 19.4. The molecule has 0 saturated carbocycles. The molecular formula is C24H24F2N4O3S. The van der Waals surface area contributed by atoms with Crippen LogP contribution in [0.1, 0.15) is 45.6 Å². The van der Waals surface area contributed by atoms with Gasteiger partial charge in [0.05, 0.1) is 12.8 Å². The highest BCUT2D eigenvalue weighted by Gasteiger charge is 2.27. The van der Waals surface area contributed by atoms with E-state index in [4.69, 9.17) is 4.74 Å². The Kier molecular flexibility index (Phi) is 7.46. The average Bonchev–Trinajstić information content (AvgIpc) is 3.35. The van der Waals surface area contributed by atoms with Crippen LogP contribution in [0.25, 0.3) is 0 Å². The first-order valence-corrected chi connectivity index (χ1v) is 11.7. The molecule has 0 aliphatic carbocycles. The summed E-state index contributed by atoms with van der Waals surface area (Å²) >= 11 is 1.15. The number of anilines is 1. The largest absolute Gasteiger partial charge is 0.497 e. The normalized spacial score (nSPS) is 14.1. The number of methoxy groups -OCH3 is 1. The fourth-order valence-electron chi connectivity index (χ4n) is 3.84. The highest BCUT2D eigenvalue weighted by Crippen LogP contribution is 2.31. The van der Waals surface area contributed by atoms with Crippen molar-refractivity contribution >= 4 is 28.8 Å². The number of hydrogen-bond donors (Lipinski definition) is 1. The molecular weight excluding hydrogens is 462 g/mol. The molecule has 1 aromatic heterocycles. The summed E-state index contributed by atoms with van der Waals surface area (Å²) in [6, 6.07) is 10.6. The molecule has 4 rings (SSSR count). The third-order valence-electron chi connectivity index (χ3n) is 5.80. The predicted molar refractivity (Wildman–Crippen MR) is 124 cm³/mol. The Morgan fingerprint density at radius 3 is 2.53 bits per heavy atom. The molecule has 1 fully saturated rings. The number of rotatable bonds is 7. The average molecular weight is 487 g/mol. The maximum absolute atomic E-state index is 13.8. The van der Waals surface area contributed by atoms with Gasteiger partial charge >= 0.3 is 0 Å². The van der Waals surface area contributed by atoms with E-state index in [1.54, 1.807) is 7.11 Å². The molecule has 1 N–H and O–H groups in total. The minimum absolute atomic E-state index is 0.104. The topological polar surface area (TPSA) is 84.4 Å². The minimum atomic E-state index is -0.859. The number of hydrogen-bond acceptors (Lipinski definition) is 6. The summed E-state index contributed by atoms with van der Waals surface area (Å²) in [5, 5.41) is 11.3. The van der Waals surface area contributed by atoms with Crippen LogP contribution in [0, 0.1) is 11.6 Å². The number of nitrogens with zero attached hydrogens (tertiary/aromatic N) is 3. The summed E-state index contributed by atoms with van der Waals surface area (Å²) in [6.45, 7) is 1.24. The number of amides is 2. The van der Waals surface area contributed by atoms with Crippen LogP contribution in [0.3, 0.4) is 0 Å². The van der Waals surface area contributed by atoms with Crippen LogP contribution >= 0.6 is 11.3 Å². The number of likely N-dealkylation sites (tertiary alicyclic amines) is 1. The lowest BCUT2D eigenvalue weighted by Crippen LogP contribution is -2.38. The Morgan fingerprint density at radius 2 is 1.85 bits per heavy atom. The maximum Gasteiger partial charge on any atom is 0.286 e. The molecule has 2 heterocycles. The molecule has 1 aliphatic heterocycles. The second kappa shape index (κ2) is 10.7. The van der Waals surface area contributed by atoms with Crippen LogP contribution in [0.2, 0.25) is 0 Å². The SMILES string of the molecule is COc1ccc(CCC(=O)N2CCC(c3nnc(C(=O)Nc4ccc(F)cc4F)s3)CC2)cc1. The van der Waals surface area contributed by atoms with E-state index in [-0.39, 0.29) is 22.5 Å². The highest BCUT2D eigenvalue weighted by atomic mass is 32.1. The molecule has 1 saturated heterocycles. The molecule has 10 heteroatoms. The first-order chi connectivity index (χ1) is 16.4. The van der Waals surface area contributed by atoms with Gasteiger partial charge in [0, 0.05) is 31.5 Å². The van der Waals surface area contributed by atoms with E-state index in [9.17, 15) is 18.4 Å². The maximum atomic E-state index is 13.8. The van der Waals surface area contributed by atoms with Gasteiger partial charge in [-0.1, -0.05) is 23.5 Å². The number of aromatic nitrogens is 2. The van der Waals surface area contributed by atoms with E-state index < -0.39 is 17.5 Å². The van der Waals surface area contributed by atoms with E-state index in [1.165, 1.54) is 0 Å². The highest BCUT2D eigenvalue weighted by molar-refractivity contribution is 7.13. The van der Waals surface area contributed by atoms with Crippen LogP contribution in [0.5, 0.6) is 5.75 Å². The second-order valence-electron chi connectivity index (χ2n) is 8.03. The summed E-state index contributed by atoms with van der Waals surface area (Å²) in [5.74, 6) is -1.17. The number of nitrogens with one attached hydrogen (secondary N) is 1. The van der Waals surface area contributed by atoms with Crippen molar-refractivity contribution in [2.45, 2.75) is 31.6 Å². The number of piperidine rings is 1. The van der Waals surface area contributed by atoms with Crippen molar-refractivity contribution in [3.63, 3.8) is 0 Å². The number of carbonyl (C=O) groups excluding carboxylic acids is 2. The van der Waals surface area contributed by atoms with E-state index >= 15 is 0 Å². The number of aryl methyl sites for hydroxylation is 1. The lowest BCUT2D eigenvalue weighted by Gasteiger charge is -2.31. The summed E-state index contributed by atoms with van der Waals surface area (Å²) in [6.07, 6.45) is 2.58. The van der Waals surface area contributed by atoms with Gasteiger partial charge in [-0.05, 0) is 49.1 Å². The summed E-state index contributed by atoms with van der Waals surface area (Å²) in [5.41, 5.74) is 0.967. The molecule has 2 aromatic carbocycles. The minimum Gasteiger partial charge on any atom is -0.497 e. The Bertz CT molecular complexity index is 1160. The molecule has 0 atom stereocenters. The van der Waals surface area contributed by atoms with Gasteiger partial charge in [-0.3, -0.25) is 9.59 Å². The van der Waals surface area contributed by atoms with E-state index in [2.05, 4.69) is 15.5 Å². The van der Waals surface area contributed by atoms with Crippen molar-refractivity contribution in [1.82, 2.24) is 15.1 Å². The lowest BCUT2D eigenvalue weighted by molar-refractivity contribution is -0.132. The molecule has 0 spiro atoms. The first kappa shape index (κ1) is 23.7. The van der Waals surface area contributed by atoms with E-state index in [1.807, 2.05) is 29.2 Å². The summed E-state index contributed by atoms with van der Waals surface area (Å²) < 4.78 is 32.0. The van der Waals surface area contributed by atoms with Crippen molar-refractivity contribution in [3.8, 4) is 5.75 Å². The Hall–Kier alpha value is -3.40. The van der Waals surface area contributed by atoms with Gasteiger partial charge in [-0.2, -0.15) is 0 Å². The standard InChI is InChI=1S/C24H24F2N4O3S/c1-33-18-6-2-15(3-7-18)4-9-21(31)30-12-10-16(11-13-30)23-28-29-24(34-23)22(32)27-20-8-5-17(25)14-19(20)26/h2-3,5-8,14,16H,4,9-13H2,1H3,(H,27,32). The molecule has 34 heavy (non-hydrogen) atoms. The lowest BCUT2D eigenvalue weighted by atomic mass is 9.97. The van der Waals surface area contributed by atoms with Gasteiger partial charge in [0.1, 0.15) is 22.4 Å². The van der Waals surface area contributed by atoms with Crippen molar-refractivity contribution in [3.05, 3.63) is 69.7 Å². The number of halogens is 2. The number of ether oxygens (including phenoxy) is 1. The van der Waals surface area contributed by atoms with Gasteiger partial charge in [0.25, 0.3) is 5.91 Å². The van der Waals surface area contributed by atoms with Gasteiger partial charge in [-0.15, -0.1) is 10.2 Å². The van der Waals surface area contributed by atoms with Gasteiger partial charge < -0.3 is 15.0 Å². The van der Waals surface area contributed by atoms with Crippen LogP contribution in [0.4, 0.5) is 14.5 Å². The number of benzene rings is 2. The number of carbonyl (C=O) groups is 2. The molecule has 1 aliphatic rings. The van der Waals surface area contributed by atoms with Crippen LogP contribution < -0.4 is 10.1 Å². The third-order valence-corrected chi connectivity index (χ3v) is 6.88. The Balaban J connectivity index is 1.27. The zero-order chi connectivity index (χ0) is 24.1. The Labute approximate surface area is 199 Å². The molecule has 2 amide bonds. The van der Waals surface area contributed by atoms with Crippen molar-refractivity contribution in [2.75, 3.05) is 25.5 Å². The van der Waals surface area contributed by atoms with Crippen LogP contribution in [0.15, 0.2) is 42.5 Å². The van der Waals surface area contributed by atoms with E-state index in [0.717, 1.165) is 52.6 Å². The molecule has 0 unspecified atom stereocenters. The van der Waals surface area contributed by atoms with Crippen molar-refractivity contribution < 1.29 is 23.1 Å². The second-order valence-corrected chi connectivity index (χ2v) is 9.04. The zero-order valence-electron chi connectivity index (χ0n) is 18.6. The van der Waals surface area contributed by atoms with Crippen molar-refractivity contribution in [2.24, 2.45) is 0 Å². The van der Waals surface area contributed by atoms with Crippen LogP contribution in [-0.2, 0) is 11.2 Å². The fraction of sp³-hybridized carbons (Fsp3) is 0.333. The van der Waals surface area contributed by atoms with E-state index in [0.29, 0.717) is 32.0 Å². The molecule has 3 aromatic rings. The fourth-order valence-corrected chi connectivity index (χ4v) is 4.74. The van der Waals surface area contributed by atoms with Gasteiger partial charge in [0.15, 0.2) is 0 Å². The monoisotopic (exact) mass is 486 g/mol. The molecule has 0 radical (unpaired) electrons. The molecule has 178 valence electrons. The Morgan fingerprint density at radius 1 is 1.12 bits per heavy atom. The molecule has 0 bridgehead atoms. The smallest absolute Gasteiger partial charge is 0.286 e. The third kappa shape index (κ3) is 5.74. The van der Waals surface area contributed by atoms with Crippen LogP contribution in [-0.4, -0.2) is 47.1 Å². The summed E-state index contributed by atoms with van der Waals surface area (Å²) in [7, 11) is 1.62. The first-order valence-electron chi connectivity index (χ1n) is 10.9. The quantitative estimate of drug-likeness (QED) is 0.535. The van der Waals surface area contributed by atoms with Gasteiger partial charge in [0.2, 0.25) is 10.9 Å².